The topological polar surface area (TPSA) is 122 Å². The number of anilines is 1. The fourth-order valence-electron chi connectivity index (χ4n) is 3.30. The van der Waals surface area contributed by atoms with E-state index in [0.717, 1.165) is 35.6 Å². The molecule has 9 nitrogen and oxygen atoms in total. The number of esters is 1. The maximum atomic E-state index is 13.2. The molecule has 12 heteroatoms. The number of nitrogens with zero attached hydrogens (tertiary/aromatic N) is 1. The molecule has 1 aromatic carbocycles. The van der Waals surface area contributed by atoms with Crippen molar-refractivity contribution >= 4 is 44.1 Å². The summed E-state index contributed by atoms with van der Waals surface area (Å²) in [4.78, 5) is 40.3. The minimum absolute atomic E-state index is 0.0527. The molecular formula is C23H30FN3O6S2. The molecule has 2 N–H and O–H groups in total. The average molecular weight is 528 g/mol. The van der Waals surface area contributed by atoms with E-state index in [2.05, 4.69) is 10.0 Å². The van der Waals surface area contributed by atoms with Crippen LogP contribution in [0.5, 0.6) is 0 Å². The molecule has 0 saturated carbocycles. The summed E-state index contributed by atoms with van der Waals surface area (Å²) in [6, 6.07) is 3.00. The molecule has 35 heavy (non-hydrogen) atoms. The van der Waals surface area contributed by atoms with Gasteiger partial charge in [0.1, 0.15) is 16.9 Å². The number of thiophene rings is 1. The molecule has 0 fully saturated rings. The summed E-state index contributed by atoms with van der Waals surface area (Å²) >= 11 is 0.937. The highest BCUT2D eigenvalue weighted by Gasteiger charge is 2.30. The number of ether oxygens (including phenoxy) is 1. The first-order chi connectivity index (χ1) is 16.5. The lowest BCUT2D eigenvalue weighted by atomic mass is 10.1. The summed E-state index contributed by atoms with van der Waals surface area (Å²) in [7, 11) is -4.12. The van der Waals surface area contributed by atoms with Crippen molar-refractivity contribution in [2.24, 2.45) is 0 Å². The van der Waals surface area contributed by atoms with E-state index >= 15 is 0 Å². The zero-order valence-corrected chi connectivity index (χ0v) is 21.9. The highest BCUT2D eigenvalue weighted by atomic mass is 32.2. The van der Waals surface area contributed by atoms with E-state index < -0.39 is 33.8 Å². The Morgan fingerprint density at radius 3 is 2.20 bits per heavy atom. The number of sulfonamides is 1. The molecule has 0 aliphatic heterocycles. The largest absolute Gasteiger partial charge is 0.462 e. The Hall–Kier alpha value is -2.83. The van der Waals surface area contributed by atoms with Crippen LogP contribution in [-0.4, -0.2) is 56.8 Å². The number of benzene rings is 1. The van der Waals surface area contributed by atoms with Crippen molar-refractivity contribution in [3.63, 3.8) is 0 Å². The number of amides is 2. The van der Waals surface area contributed by atoms with Gasteiger partial charge in [0, 0.05) is 13.1 Å². The molecule has 2 amide bonds. The summed E-state index contributed by atoms with van der Waals surface area (Å²) in [5.74, 6) is -2.29. The third-order valence-electron chi connectivity index (χ3n) is 5.25. The molecule has 2 aromatic rings. The number of hydrogen-bond acceptors (Lipinski definition) is 7. The molecule has 1 aromatic heterocycles. The fraction of sp³-hybridized carbons (Fsp3) is 0.435. The molecule has 0 saturated heterocycles. The van der Waals surface area contributed by atoms with Crippen molar-refractivity contribution in [2.45, 2.75) is 52.0 Å². The van der Waals surface area contributed by atoms with Gasteiger partial charge < -0.3 is 15.0 Å². The van der Waals surface area contributed by atoms with Gasteiger partial charge in [0.15, 0.2) is 0 Å². The van der Waals surface area contributed by atoms with E-state index in [9.17, 15) is 27.2 Å². The summed E-state index contributed by atoms with van der Waals surface area (Å²) in [5, 5.41) is 2.69. The smallest absolute Gasteiger partial charge is 0.341 e. The maximum absolute atomic E-state index is 13.2. The molecule has 0 aliphatic rings. The second-order valence-corrected chi connectivity index (χ2v) is 10.2. The zero-order chi connectivity index (χ0) is 26.3. The van der Waals surface area contributed by atoms with Crippen molar-refractivity contribution in [3.8, 4) is 0 Å². The van der Waals surface area contributed by atoms with Crippen molar-refractivity contribution in [1.82, 2.24) is 9.62 Å². The molecule has 1 unspecified atom stereocenters. The highest BCUT2D eigenvalue weighted by Crippen LogP contribution is 2.35. The molecule has 0 aliphatic carbocycles. The number of carbonyl (C=O) groups is 3. The van der Waals surface area contributed by atoms with Gasteiger partial charge in [-0.3, -0.25) is 9.59 Å². The van der Waals surface area contributed by atoms with E-state index in [4.69, 9.17) is 4.74 Å². The van der Waals surface area contributed by atoms with Crippen LogP contribution in [-0.2, 0) is 19.6 Å². The van der Waals surface area contributed by atoms with Crippen molar-refractivity contribution in [3.05, 3.63) is 46.1 Å². The number of halogens is 1. The van der Waals surface area contributed by atoms with Gasteiger partial charge in [0.25, 0.3) is 5.91 Å². The van der Waals surface area contributed by atoms with Gasteiger partial charge in [-0.1, -0.05) is 6.92 Å². The number of rotatable bonds is 11. The van der Waals surface area contributed by atoms with Crippen LogP contribution >= 0.6 is 11.3 Å². The van der Waals surface area contributed by atoms with Crippen LogP contribution in [0.3, 0.4) is 0 Å². The summed E-state index contributed by atoms with van der Waals surface area (Å²) < 4.78 is 46.0. The fourth-order valence-corrected chi connectivity index (χ4v) is 5.74. The Kier molecular flexibility index (Phi) is 9.92. The standard InChI is InChI=1S/C23H30FN3O6S2/c1-6-17(26-35(31,32)16-12-10-15(24)11-13-16)20(28)25-21-18(23(30)33-9-4)14(5)19(34-21)22(29)27(7-2)8-3/h10-13,17,26H,6-9H2,1-5H3,(H,25,28). The Labute approximate surface area is 208 Å². The Bertz CT molecular complexity index is 1170. The molecule has 0 spiro atoms. The predicted molar refractivity (Wildman–Crippen MR) is 132 cm³/mol. The van der Waals surface area contributed by atoms with Crippen LogP contribution in [0.25, 0.3) is 0 Å². The lowest BCUT2D eigenvalue weighted by Gasteiger charge is -2.18. The lowest BCUT2D eigenvalue weighted by Crippen LogP contribution is -2.43. The van der Waals surface area contributed by atoms with Gasteiger partial charge in [0.2, 0.25) is 15.9 Å². The van der Waals surface area contributed by atoms with Gasteiger partial charge in [-0.05, 0) is 63.9 Å². The van der Waals surface area contributed by atoms with Crippen molar-refractivity contribution < 1.29 is 31.9 Å². The van der Waals surface area contributed by atoms with E-state index in [1.807, 2.05) is 13.8 Å². The SMILES string of the molecule is CCOC(=O)c1c(NC(=O)C(CC)NS(=O)(=O)c2ccc(F)cc2)sc(C(=O)N(CC)CC)c1C. The molecule has 192 valence electrons. The van der Waals surface area contributed by atoms with Crippen LogP contribution in [0.1, 0.15) is 59.7 Å². The first-order valence-electron chi connectivity index (χ1n) is 11.2. The highest BCUT2D eigenvalue weighted by molar-refractivity contribution is 7.89. The third-order valence-corrected chi connectivity index (χ3v) is 7.94. The molecule has 1 heterocycles. The Morgan fingerprint density at radius 2 is 1.69 bits per heavy atom. The summed E-state index contributed by atoms with van der Waals surface area (Å²) in [5.41, 5.74) is 0.428. The second kappa shape index (κ2) is 12.2. The Morgan fingerprint density at radius 1 is 1.09 bits per heavy atom. The summed E-state index contributed by atoms with van der Waals surface area (Å²) in [6.07, 6.45) is 0.0938. The molecule has 0 bridgehead atoms. The Balaban J connectivity index is 2.39. The van der Waals surface area contributed by atoms with Crippen LogP contribution in [0.15, 0.2) is 29.2 Å². The molecule has 1 atom stereocenters. The first kappa shape index (κ1) is 28.4. The van der Waals surface area contributed by atoms with Crippen molar-refractivity contribution in [1.29, 1.82) is 0 Å². The van der Waals surface area contributed by atoms with Gasteiger partial charge in [-0.2, -0.15) is 4.72 Å². The second-order valence-electron chi connectivity index (χ2n) is 7.48. The van der Waals surface area contributed by atoms with Crippen LogP contribution in [0.4, 0.5) is 9.39 Å². The van der Waals surface area contributed by atoms with Gasteiger partial charge >= 0.3 is 5.97 Å². The third kappa shape index (κ3) is 6.65. The number of carbonyl (C=O) groups excluding carboxylic acids is 3. The molecule has 0 radical (unpaired) electrons. The minimum Gasteiger partial charge on any atom is -0.462 e. The van der Waals surface area contributed by atoms with E-state index in [1.165, 1.54) is 0 Å². The predicted octanol–water partition coefficient (Wildman–Crippen LogP) is 3.55. The van der Waals surface area contributed by atoms with Gasteiger partial charge in [0.05, 0.1) is 21.9 Å². The normalized spacial score (nSPS) is 12.2. The van der Waals surface area contributed by atoms with E-state index in [1.54, 1.807) is 25.7 Å². The van der Waals surface area contributed by atoms with Crippen LogP contribution < -0.4 is 10.0 Å². The maximum Gasteiger partial charge on any atom is 0.341 e. The monoisotopic (exact) mass is 527 g/mol. The quantitative estimate of drug-likeness (QED) is 0.431. The van der Waals surface area contributed by atoms with Crippen molar-refractivity contribution in [2.75, 3.05) is 25.0 Å². The zero-order valence-electron chi connectivity index (χ0n) is 20.3. The minimum atomic E-state index is -4.12. The number of hydrogen-bond donors (Lipinski definition) is 2. The number of nitrogens with one attached hydrogen (secondary N) is 2. The molecule has 2 rings (SSSR count). The first-order valence-corrected chi connectivity index (χ1v) is 13.5. The van der Waals surface area contributed by atoms with Gasteiger partial charge in [-0.15, -0.1) is 11.3 Å². The van der Waals surface area contributed by atoms with E-state index in [0.29, 0.717) is 18.7 Å². The average Bonchev–Trinajstić information content (AvgIpc) is 3.14. The van der Waals surface area contributed by atoms with E-state index in [-0.39, 0.29) is 39.3 Å². The van der Waals surface area contributed by atoms with Gasteiger partial charge in [-0.25, -0.2) is 17.6 Å². The molecular weight excluding hydrogens is 497 g/mol. The lowest BCUT2D eigenvalue weighted by molar-refractivity contribution is -0.117. The summed E-state index contributed by atoms with van der Waals surface area (Å²) in [6.45, 7) is 9.53. The van der Waals surface area contributed by atoms with Crippen LogP contribution in [0.2, 0.25) is 0 Å². The van der Waals surface area contributed by atoms with Crippen LogP contribution in [0, 0.1) is 12.7 Å².